The van der Waals surface area contributed by atoms with Crippen molar-refractivity contribution in [3.8, 4) is 17.1 Å². The van der Waals surface area contributed by atoms with Gasteiger partial charge in [-0.1, -0.05) is 42.5 Å². The van der Waals surface area contributed by atoms with E-state index in [-0.39, 0.29) is 12.4 Å². The molecule has 0 aliphatic rings. The minimum Gasteiger partial charge on any atom is -0.488 e. The molecule has 0 bridgehead atoms. The maximum atomic E-state index is 11.8. The zero-order valence-electron chi connectivity index (χ0n) is 14.2. The molecular weight excluding hydrogens is 318 g/mol. The Kier molecular flexibility index (Phi) is 5.09. The van der Waals surface area contributed by atoms with Gasteiger partial charge in [-0.3, -0.25) is 0 Å². The van der Waals surface area contributed by atoms with Crippen molar-refractivity contribution < 1.29 is 14.3 Å². The minimum atomic E-state index is -0.535. The van der Waals surface area contributed by atoms with Crippen molar-refractivity contribution in [1.29, 1.82) is 0 Å². The zero-order valence-corrected chi connectivity index (χ0v) is 14.2. The van der Waals surface area contributed by atoms with Crippen LogP contribution in [-0.4, -0.2) is 27.3 Å². The number of hydrogen-bond donors (Lipinski definition) is 0. The van der Waals surface area contributed by atoms with Gasteiger partial charge in [0.15, 0.2) is 5.82 Å². The van der Waals surface area contributed by atoms with E-state index in [1.807, 2.05) is 54.6 Å². The fourth-order valence-corrected chi connectivity index (χ4v) is 2.41. The van der Waals surface area contributed by atoms with Gasteiger partial charge < -0.3 is 9.47 Å². The van der Waals surface area contributed by atoms with E-state index in [1.165, 1.54) is 0 Å². The van der Waals surface area contributed by atoms with Gasteiger partial charge in [0.25, 0.3) is 5.82 Å². The smallest absolute Gasteiger partial charge is 0.378 e. The third kappa shape index (κ3) is 3.85. The number of nitrogens with zero attached hydrogens (tertiary/aromatic N) is 3. The van der Waals surface area contributed by atoms with Crippen molar-refractivity contribution in [1.82, 2.24) is 14.8 Å². The first-order valence-corrected chi connectivity index (χ1v) is 8.03. The van der Waals surface area contributed by atoms with Crippen molar-refractivity contribution in [2.75, 3.05) is 6.61 Å². The number of para-hydroxylation sites is 1. The summed E-state index contributed by atoms with van der Waals surface area (Å²) in [4.78, 5) is 16.2. The summed E-state index contributed by atoms with van der Waals surface area (Å²) < 4.78 is 12.5. The molecule has 0 radical (unpaired) electrons. The van der Waals surface area contributed by atoms with Gasteiger partial charge in [-0.2, -0.15) is 0 Å². The van der Waals surface area contributed by atoms with Gasteiger partial charge in [0, 0.05) is 7.05 Å². The second-order valence-electron chi connectivity index (χ2n) is 5.37. The fourth-order valence-electron chi connectivity index (χ4n) is 2.41. The Morgan fingerprint density at radius 3 is 2.56 bits per heavy atom. The monoisotopic (exact) mass is 337 g/mol. The summed E-state index contributed by atoms with van der Waals surface area (Å²) in [5.74, 6) is 0.730. The Balaban J connectivity index is 1.87. The highest BCUT2D eigenvalue weighted by Gasteiger charge is 2.19. The number of esters is 1. The maximum Gasteiger partial charge on any atom is 0.378 e. The third-order valence-electron chi connectivity index (χ3n) is 3.59. The van der Waals surface area contributed by atoms with E-state index in [1.54, 1.807) is 18.7 Å². The molecule has 1 aromatic heterocycles. The molecule has 0 fully saturated rings. The van der Waals surface area contributed by atoms with Crippen molar-refractivity contribution in [3.63, 3.8) is 0 Å². The van der Waals surface area contributed by atoms with E-state index in [0.29, 0.717) is 18.2 Å². The van der Waals surface area contributed by atoms with E-state index >= 15 is 0 Å². The number of aromatic nitrogens is 3. The van der Waals surface area contributed by atoms with E-state index in [4.69, 9.17) is 9.47 Å². The van der Waals surface area contributed by atoms with Crippen LogP contribution in [0.2, 0.25) is 0 Å². The summed E-state index contributed by atoms with van der Waals surface area (Å²) in [7, 11) is 1.74. The number of aryl methyl sites for hydroxylation is 1. The van der Waals surface area contributed by atoms with Crippen molar-refractivity contribution in [3.05, 3.63) is 66.0 Å². The van der Waals surface area contributed by atoms with Gasteiger partial charge in [0.2, 0.25) is 0 Å². The van der Waals surface area contributed by atoms with Crippen LogP contribution in [0.25, 0.3) is 11.4 Å². The molecule has 25 heavy (non-hydrogen) atoms. The molecule has 3 rings (SSSR count). The second kappa shape index (κ2) is 7.61. The summed E-state index contributed by atoms with van der Waals surface area (Å²) in [6, 6.07) is 17.5. The molecular formula is C19H19N3O3. The molecule has 0 saturated heterocycles. The predicted molar refractivity (Wildman–Crippen MR) is 93.2 cm³/mol. The van der Waals surface area contributed by atoms with Crippen LogP contribution < -0.4 is 4.74 Å². The van der Waals surface area contributed by atoms with Crippen molar-refractivity contribution in [2.45, 2.75) is 13.5 Å². The standard InChI is InChI=1S/C19H19N3O3/c1-3-24-19(23)17-20-18(22(2)21-17)15-11-7-8-12-16(15)25-13-14-9-5-4-6-10-14/h4-12H,3,13H2,1-2H3. The van der Waals surface area contributed by atoms with E-state index in [2.05, 4.69) is 10.1 Å². The Labute approximate surface area is 146 Å². The number of benzene rings is 2. The van der Waals surface area contributed by atoms with E-state index in [0.717, 1.165) is 11.1 Å². The molecule has 1 heterocycles. The molecule has 0 atom stereocenters. The van der Waals surface area contributed by atoms with E-state index in [9.17, 15) is 4.79 Å². The van der Waals surface area contributed by atoms with Gasteiger partial charge in [0.05, 0.1) is 12.2 Å². The predicted octanol–water partition coefficient (Wildman–Crippen LogP) is 3.24. The summed E-state index contributed by atoms with van der Waals surface area (Å²) in [5.41, 5.74) is 1.84. The number of hydrogen-bond acceptors (Lipinski definition) is 5. The zero-order chi connectivity index (χ0) is 17.6. The quantitative estimate of drug-likeness (QED) is 0.646. The Bertz CT molecular complexity index is 859. The van der Waals surface area contributed by atoms with Gasteiger partial charge in [0.1, 0.15) is 12.4 Å². The lowest BCUT2D eigenvalue weighted by molar-refractivity contribution is 0.0512. The van der Waals surface area contributed by atoms with Gasteiger partial charge in [-0.15, -0.1) is 5.10 Å². The summed E-state index contributed by atoms with van der Waals surface area (Å²) in [6.45, 7) is 2.47. The van der Waals surface area contributed by atoms with Gasteiger partial charge in [-0.25, -0.2) is 14.5 Å². The lowest BCUT2D eigenvalue weighted by atomic mass is 10.2. The molecule has 128 valence electrons. The number of carbonyl (C=O) groups excluding carboxylic acids is 1. The van der Waals surface area contributed by atoms with Crippen molar-refractivity contribution in [2.24, 2.45) is 7.05 Å². The minimum absolute atomic E-state index is 0.0391. The molecule has 3 aromatic rings. The van der Waals surface area contributed by atoms with Crippen LogP contribution in [0.3, 0.4) is 0 Å². The molecule has 6 nitrogen and oxygen atoms in total. The SMILES string of the molecule is CCOC(=O)c1nc(-c2ccccc2OCc2ccccc2)n(C)n1. The first kappa shape index (κ1) is 16.7. The van der Waals surface area contributed by atoms with Crippen molar-refractivity contribution >= 4 is 5.97 Å². The summed E-state index contributed by atoms with van der Waals surface area (Å²) in [6.07, 6.45) is 0. The molecule has 2 aromatic carbocycles. The highest BCUT2D eigenvalue weighted by atomic mass is 16.5. The van der Waals surface area contributed by atoms with Crippen LogP contribution >= 0.6 is 0 Å². The Hall–Kier alpha value is -3.15. The largest absolute Gasteiger partial charge is 0.488 e. The second-order valence-corrected chi connectivity index (χ2v) is 5.37. The lowest BCUT2D eigenvalue weighted by Gasteiger charge is -2.10. The normalized spacial score (nSPS) is 10.5. The van der Waals surface area contributed by atoms with E-state index < -0.39 is 5.97 Å². The van der Waals surface area contributed by atoms with Crippen LogP contribution in [0.1, 0.15) is 23.1 Å². The lowest BCUT2D eigenvalue weighted by Crippen LogP contribution is -2.07. The van der Waals surface area contributed by atoms with Crippen LogP contribution in [0.4, 0.5) is 0 Å². The first-order valence-electron chi connectivity index (χ1n) is 8.03. The topological polar surface area (TPSA) is 66.2 Å². The first-order chi connectivity index (χ1) is 12.2. The number of ether oxygens (including phenoxy) is 2. The molecule has 0 saturated carbocycles. The summed E-state index contributed by atoms with van der Waals surface area (Å²) >= 11 is 0. The Morgan fingerprint density at radius 2 is 1.80 bits per heavy atom. The summed E-state index contributed by atoms with van der Waals surface area (Å²) in [5, 5.41) is 4.14. The molecule has 0 aliphatic heterocycles. The average Bonchev–Trinajstić information content (AvgIpc) is 3.03. The fraction of sp³-hybridized carbons (Fsp3) is 0.211. The molecule has 0 unspecified atom stereocenters. The van der Waals surface area contributed by atoms with Crippen LogP contribution in [0.5, 0.6) is 5.75 Å². The van der Waals surface area contributed by atoms with Crippen LogP contribution in [-0.2, 0) is 18.4 Å². The highest BCUT2D eigenvalue weighted by molar-refractivity contribution is 5.85. The highest BCUT2D eigenvalue weighted by Crippen LogP contribution is 2.29. The Morgan fingerprint density at radius 1 is 1.08 bits per heavy atom. The van der Waals surface area contributed by atoms with Crippen LogP contribution in [0, 0.1) is 0 Å². The molecule has 0 spiro atoms. The number of carbonyl (C=O) groups is 1. The molecule has 0 aliphatic carbocycles. The number of rotatable bonds is 6. The van der Waals surface area contributed by atoms with Gasteiger partial charge in [-0.05, 0) is 24.6 Å². The molecule has 6 heteroatoms. The third-order valence-corrected chi connectivity index (χ3v) is 3.59. The molecule has 0 N–H and O–H groups in total. The van der Waals surface area contributed by atoms with Gasteiger partial charge >= 0.3 is 5.97 Å². The molecule has 0 amide bonds. The maximum absolute atomic E-state index is 11.8. The van der Waals surface area contributed by atoms with Crippen LogP contribution in [0.15, 0.2) is 54.6 Å². The average molecular weight is 337 g/mol.